The lowest BCUT2D eigenvalue weighted by Crippen LogP contribution is -2.29. The van der Waals surface area contributed by atoms with E-state index in [1.165, 1.54) is 0 Å². The van der Waals surface area contributed by atoms with Crippen LogP contribution in [-0.2, 0) is 0 Å². The normalized spacial score (nSPS) is 9.31. The molecule has 0 fully saturated rings. The fourth-order valence-electron chi connectivity index (χ4n) is 0.836. The Hall–Kier alpha value is -1.16. The molecule has 3 nitrogen and oxygen atoms in total. The highest BCUT2D eigenvalue weighted by molar-refractivity contribution is 7.80. The highest BCUT2D eigenvalue weighted by atomic mass is 32.1. The Kier molecular flexibility index (Phi) is 4.18. The average Bonchev–Trinajstić information content (AvgIpc) is 2.16. The molecule has 0 saturated carbocycles. The summed E-state index contributed by atoms with van der Waals surface area (Å²) in [5, 5.41) is 6.67. The van der Waals surface area contributed by atoms with Crippen molar-refractivity contribution < 1.29 is 0 Å². The van der Waals surface area contributed by atoms with Crippen molar-refractivity contribution >= 4 is 23.1 Å². The molecule has 1 heterocycles. The van der Waals surface area contributed by atoms with Crippen molar-refractivity contribution in [3.8, 4) is 0 Å². The van der Waals surface area contributed by atoms with Crippen LogP contribution in [-0.4, -0.2) is 16.6 Å². The maximum absolute atomic E-state index is 5.04. The van der Waals surface area contributed by atoms with E-state index in [-0.39, 0.29) is 0 Å². The van der Waals surface area contributed by atoms with Crippen LogP contribution in [0.2, 0.25) is 0 Å². The Labute approximate surface area is 83.6 Å². The molecule has 0 radical (unpaired) electrons. The Morgan fingerprint density at radius 1 is 1.54 bits per heavy atom. The zero-order chi connectivity index (χ0) is 9.52. The number of hydrogen-bond acceptors (Lipinski definition) is 2. The molecule has 0 unspecified atom stereocenters. The minimum Gasteiger partial charge on any atom is -0.362 e. The number of anilines is 1. The van der Waals surface area contributed by atoms with E-state index in [1.54, 1.807) is 6.20 Å². The summed E-state index contributed by atoms with van der Waals surface area (Å²) in [6.07, 6.45) is 2.79. The number of hydrogen-bond donors (Lipinski definition) is 2. The standard InChI is InChI=1S/C9H13N3S/c1-2-6-11-9(13)12-8-5-3-4-7-10-8/h3-5,7H,2,6H2,1H3,(H2,10,11,12,13). The molecule has 70 valence electrons. The van der Waals surface area contributed by atoms with E-state index >= 15 is 0 Å². The first-order valence-electron chi connectivity index (χ1n) is 4.29. The van der Waals surface area contributed by atoms with Gasteiger partial charge in [-0.1, -0.05) is 13.0 Å². The first-order chi connectivity index (χ1) is 6.33. The number of rotatable bonds is 3. The minimum absolute atomic E-state index is 0.626. The molecule has 1 aromatic heterocycles. The fourth-order valence-corrected chi connectivity index (χ4v) is 1.04. The van der Waals surface area contributed by atoms with Crippen LogP contribution in [0.5, 0.6) is 0 Å². The molecule has 2 N–H and O–H groups in total. The van der Waals surface area contributed by atoms with E-state index < -0.39 is 0 Å². The van der Waals surface area contributed by atoms with Crippen LogP contribution in [0.25, 0.3) is 0 Å². The van der Waals surface area contributed by atoms with Gasteiger partial charge in [0.15, 0.2) is 5.11 Å². The fraction of sp³-hybridized carbons (Fsp3) is 0.333. The smallest absolute Gasteiger partial charge is 0.171 e. The van der Waals surface area contributed by atoms with Gasteiger partial charge in [0.05, 0.1) is 0 Å². The molecule has 0 amide bonds. The predicted molar refractivity (Wildman–Crippen MR) is 58.8 cm³/mol. The molecule has 0 aliphatic rings. The van der Waals surface area contributed by atoms with Crippen LogP contribution < -0.4 is 10.6 Å². The summed E-state index contributed by atoms with van der Waals surface area (Å²) in [5.41, 5.74) is 0. The summed E-state index contributed by atoms with van der Waals surface area (Å²) >= 11 is 5.04. The molecule has 4 heteroatoms. The van der Waals surface area contributed by atoms with Crippen LogP contribution in [0, 0.1) is 0 Å². The lowest BCUT2D eigenvalue weighted by molar-refractivity contribution is 0.846. The van der Waals surface area contributed by atoms with Gasteiger partial charge in [-0.05, 0) is 30.8 Å². The van der Waals surface area contributed by atoms with Crippen molar-refractivity contribution in [2.45, 2.75) is 13.3 Å². The van der Waals surface area contributed by atoms with Gasteiger partial charge in [0.25, 0.3) is 0 Å². The van der Waals surface area contributed by atoms with Crippen molar-refractivity contribution in [2.24, 2.45) is 0 Å². The van der Waals surface area contributed by atoms with Crippen LogP contribution in [0.3, 0.4) is 0 Å². The molecule has 0 aliphatic carbocycles. The van der Waals surface area contributed by atoms with Crippen LogP contribution in [0.4, 0.5) is 5.82 Å². The molecule has 13 heavy (non-hydrogen) atoms. The summed E-state index contributed by atoms with van der Waals surface area (Å²) < 4.78 is 0. The van der Waals surface area contributed by atoms with Gasteiger partial charge in [0.2, 0.25) is 0 Å². The topological polar surface area (TPSA) is 37.0 Å². The van der Waals surface area contributed by atoms with Crippen molar-refractivity contribution in [1.29, 1.82) is 0 Å². The average molecular weight is 195 g/mol. The van der Waals surface area contributed by atoms with Crippen LogP contribution in [0.15, 0.2) is 24.4 Å². The van der Waals surface area contributed by atoms with Crippen molar-refractivity contribution in [1.82, 2.24) is 10.3 Å². The zero-order valence-corrected chi connectivity index (χ0v) is 8.40. The first kappa shape index (κ1) is 9.92. The van der Waals surface area contributed by atoms with E-state index in [4.69, 9.17) is 12.2 Å². The summed E-state index contributed by atoms with van der Waals surface area (Å²) in [6.45, 7) is 2.98. The van der Waals surface area contributed by atoms with Gasteiger partial charge < -0.3 is 10.6 Å². The van der Waals surface area contributed by atoms with Crippen molar-refractivity contribution in [3.63, 3.8) is 0 Å². The Balaban J connectivity index is 2.37. The molecule has 0 spiro atoms. The van der Waals surface area contributed by atoms with Gasteiger partial charge in [-0.2, -0.15) is 0 Å². The van der Waals surface area contributed by atoms with Gasteiger partial charge in [-0.25, -0.2) is 4.98 Å². The SMILES string of the molecule is CCCNC(=S)Nc1ccccn1. The molecule has 0 aromatic carbocycles. The zero-order valence-electron chi connectivity index (χ0n) is 7.58. The quantitative estimate of drug-likeness (QED) is 0.721. The van der Waals surface area contributed by atoms with Gasteiger partial charge in [-0.3, -0.25) is 0 Å². The van der Waals surface area contributed by atoms with E-state index in [2.05, 4.69) is 22.5 Å². The van der Waals surface area contributed by atoms with Gasteiger partial charge in [-0.15, -0.1) is 0 Å². The molecule has 1 aromatic rings. The van der Waals surface area contributed by atoms with Gasteiger partial charge in [0.1, 0.15) is 5.82 Å². The minimum atomic E-state index is 0.626. The molecule has 1 rings (SSSR count). The number of aromatic nitrogens is 1. The van der Waals surface area contributed by atoms with Crippen molar-refractivity contribution in [2.75, 3.05) is 11.9 Å². The molecule has 0 aliphatic heterocycles. The third-order valence-corrected chi connectivity index (χ3v) is 1.69. The van der Waals surface area contributed by atoms with E-state index in [9.17, 15) is 0 Å². The predicted octanol–water partition coefficient (Wildman–Crippen LogP) is 1.78. The number of nitrogens with zero attached hydrogens (tertiary/aromatic N) is 1. The van der Waals surface area contributed by atoms with E-state index in [0.29, 0.717) is 5.11 Å². The number of nitrogens with one attached hydrogen (secondary N) is 2. The van der Waals surface area contributed by atoms with E-state index in [1.807, 2.05) is 18.2 Å². The molecular weight excluding hydrogens is 182 g/mol. The van der Waals surface area contributed by atoms with E-state index in [0.717, 1.165) is 18.8 Å². The second-order valence-corrected chi connectivity index (χ2v) is 3.00. The number of pyridine rings is 1. The largest absolute Gasteiger partial charge is 0.362 e. The maximum Gasteiger partial charge on any atom is 0.171 e. The summed E-state index contributed by atoms with van der Waals surface area (Å²) in [7, 11) is 0. The van der Waals surface area contributed by atoms with Crippen LogP contribution >= 0.6 is 12.2 Å². The molecular formula is C9H13N3S. The van der Waals surface area contributed by atoms with Crippen LogP contribution in [0.1, 0.15) is 13.3 Å². The summed E-state index contributed by atoms with van der Waals surface area (Å²) in [4.78, 5) is 4.09. The lowest BCUT2D eigenvalue weighted by Gasteiger charge is -2.07. The molecule has 0 bridgehead atoms. The highest BCUT2D eigenvalue weighted by Gasteiger charge is 1.94. The maximum atomic E-state index is 5.04. The second kappa shape index (κ2) is 5.48. The highest BCUT2D eigenvalue weighted by Crippen LogP contribution is 1.98. The van der Waals surface area contributed by atoms with Gasteiger partial charge >= 0.3 is 0 Å². The Bertz CT molecular complexity index is 261. The third-order valence-electron chi connectivity index (χ3n) is 1.44. The summed E-state index contributed by atoms with van der Waals surface area (Å²) in [6, 6.07) is 5.66. The first-order valence-corrected chi connectivity index (χ1v) is 4.69. The Morgan fingerprint density at radius 3 is 3.00 bits per heavy atom. The molecule has 0 saturated heterocycles. The lowest BCUT2D eigenvalue weighted by atomic mass is 10.4. The summed E-state index contributed by atoms with van der Waals surface area (Å²) in [5.74, 6) is 0.774. The molecule has 0 atom stereocenters. The van der Waals surface area contributed by atoms with Crippen molar-refractivity contribution in [3.05, 3.63) is 24.4 Å². The third kappa shape index (κ3) is 3.85. The number of thiocarbonyl (C=S) groups is 1. The van der Waals surface area contributed by atoms with Gasteiger partial charge in [0, 0.05) is 12.7 Å². The second-order valence-electron chi connectivity index (χ2n) is 2.60. The monoisotopic (exact) mass is 195 g/mol. The Morgan fingerprint density at radius 2 is 2.38 bits per heavy atom.